The smallest absolute Gasteiger partial charge is 0.339 e. The van der Waals surface area contributed by atoms with Crippen molar-refractivity contribution < 1.29 is 23.8 Å². The number of esters is 1. The van der Waals surface area contributed by atoms with Gasteiger partial charge in [0.15, 0.2) is 5.41 Å². The molecule has 1 aromatic rings. The summed E-state index contributed by atoms with van der Waals surface area (Å²) in [6, 6.07) is 9.02. The van der Waals surface area contributed by atoms with Crippen molar-refractivity contribution in [3.05, 3.63) is 52.6 Å². The highest BCUT2D eigenvalue weighted by molar-refractivity contribution is 6.18. The Kier molecular flexibility index (Phi) is 5.12. The highest BCUT2D eigenvalue weighted by Gasteiger charge is 2.61. The Morgan fingerprint density at radius 3 is 2.71 bits per heavy atom. The van der Waals surface area contributed by atoms with Crippen LogP contribution in [0.1, 0.15) is 19.4 Å². The number of para-hydroxylation sites is 1. The summed E-state index contributed by atoms with van der Waals surface area (Å²) in [5.74, 6) is -1.26. The van der Waals surface area contributed by atoms with E-state index in [1.165, 1.54) is 18.9 Å². The molecule has 8 heteroatoms. The molecule has 2 N–H and O–H groups in total. The topological polar surface area (TPSA) is 115 Å². The molecule has 2 aliphatic rings. The highest BCUT2D eigenvalue weighted by Crippen LogP contribution is 2.53. The maximum atomic E-state index is 13.6. The van der Waals surface area contributed by atoms with E-state index in [-0.39, 0.29) is 36.0 Å². The quantitative estimate of drug-likeness (QED) is 0.605. The molecule has 146 valence electrons. The van der Waals surface area contributed by atoms with Crippen molar-refractivity contribution in [1.82, 2.24) is 0 Å². The molecule has 28 heavy (non-hydrogen) atoms. The van der Waals surface area contributed by atoms with Gasteiger partial charge in [-0.1, -0.05) is 18.2 Å². The molecule has 2 aliphatic heterocycles. The summed E-state index contributed by atoms with van der Waals surface area (Å²) in [4.78, 5) is 28.2. The van der Waals surface area contributed by atoms with E-state index < -0.39 is 17.3 Å². The van der Waals surface area contributed by atoms with Crippen molar-refractivity contribution in [2.75, 3.05) is 31.8 Å². The molecule has 1 atom stereocenters. The van der Waals surface area contributed by atoms with E-state index in [1.54, 1.807) is 24.3 Å². The summed E-state index contributed by atoms with van der Waals surface area (Å²) in [6.07, 6.45) is 0. The molecule has 3 rings (SSSR count). The number of allylic oxidation sites excluding steroid dienone is 1. The minimum Gasteiger partial charge on any atom is -0.460 e. The first-order valence-corrected chi connectivity index (χ1v) is 8.82. The largest absolute Gasteiger partial charge is 0.460 e. The Bertz CT molecular complexity index is 943. The van der Waals surface area contributed by atoms with Crippen LogP contribution in [-0.2, 0) is 29.2 Å². The van der Waals surface area contributed by atoms with Gasteiger partial charge in [-0.2, -0.15) is 5.26 Å². The van der Waals surface area contributed by atoms with Crippen LogP contribution >= 0.6 is 0 Å². The Hall–Kier alpha value is -3.31. The summed E-state index contributed by atoms with van der Waals surface area (Å²) >= 11 is 0. The number of anilines is 1. The van der Waals surface area contributed by atoms with Crippen molar-refractivity contribution in [2.24, 2.45) is 5.73 Å². The van der Waals surface area contributed by atoms with Gasteiger partial charge in [0.2, 0.25) is 11.8 Å². The SMILES string of the molecule is CCN1C(=O)C2(C(C#N)=C(N)OC(C)=C2C(=O)OCCOC)c2ccccc21. The van der Waals surface area contributed by atoms with Gasteiger partial charge in [0.1, 0.15) is 29.6 Å². The summed E-state index contributed by atoms with van der Waals surface area (Å²) in [5.41, 5.74) is 5.25. The van der Waals surface area contributed by atoms with Gasteiger partial charge in [0, 0.05) is 24.9 Å². The van der Waals surface area contributed by atoms with Gasteiger partial charge in [-0.15, -0.1) is 0 Å². The number of hydrogen-bond donors (Lipinski definition) is 1. The number of likely N-dealkylation sites (N-methyl/N-ethyl adjacent to an activating group) is 1. The van der Waals surface area contributed by atoms with E-state index in [9.17, 15) is 14.9 Å². The number of rotatable bonds is 5. The maximum Gasteiger partial charge on any atom is 0.339 e. The molecule has 0 bridgehead atoms. The van der Waals surface area contributed by atoms with Gasteiger partial charge in [-0.25, -0.2) is 4.79 Å². The second-order valence-electron chi connectivity index (χ2n) is 6.33. The molecule has 0 fully saturated rings. The Morgan fingerprint density at radius 2 is 2.07 bits per heavy atom. The third-order valence-electron chi connectivity index (χ3n) is 4.93. The zero-order valence-electron chi connectivity index (χ0n) is 15.9. The fourth-order valence-corrected chi connectivity index (χ4v) is 3.82. The zero-order valence-corrected chi connectivity index (χ0v) is 15.9. The monoisotopic (exact) mass is 383 g/mol. The fraction of sp³-hybridized carbons (Fsp3) is 0.350. The summed E-state index contributed by atoms with van der Waals surface area (Å²) in [5, 5.41) is 9.86. The van der Waals surface area contributed by atoms with Crippen molar-refractivity contribution in [3.8, 4) is 6.07 Å². The van der Waals surface area contributed by atoms with E-state index in [4.69, 9.17) is 19.9 Å². The molecular formula is C20H21N3O5. The Balaban J connectivity index is 2.29. The van der Waals surface area contributed by atoms with Crippen LogP contribution in [0.15, 0.2) is 47.1 Å². The molecule has 2 heterocycles. The van der Waals surface area contributed by atoms with Gasteiger partial charge >= 0.3 is 5.97 Å². The lowest BCUT2D eigenvalue weighted by Gasteiger charge is -2.34. The molecule has 1 unspecified atom stereocenters. The number of fused-ring (bicyclic) bond motifs is 2. The molecule has 1 spiro atoms. The number of ether oxygens (including phenoxy) is 3. The van der Waals surface area contributed by atoms with Gasteiger partial charge in [-0.3, -0.25) is 4.79 Å². The lowest BCUT2D eigenvalue weighted by atomic mass is 9.68. The van der Waals surface area contributed by atoms with E-state index in [0.717, 1.165) is 0 Å². The van der Waals surface area contributed by atoms with Gasteiger partial charge in [0.05, 0.1) is 6.61 Å². The van der Waals surface area contributed by atoms with E-state index in [0.29, 0.717) is 17.8 Å². The first kappa shape index (κ1) is 19.5. The number of nitrogens with zero attached hydrogens (tertiary/aromatic N) is 2. The van der Waals surface area contributed by atoms with Gasteiger partial charge in [-0.05, 0) is 19.9 Å². The third-order valence-corrected chi connectivity index (χ3v) is 4.93. The molecule has 8 nitrogen and oxygen atoms in total. The predicted molar refractivity (Wildman–Crippen MR) is 99.6 cm³/mol. The fourth-order valence-electron chi connectivity index (χ4n) is 3.82. The van der Waals surface area contributed by atoms with Crippen LogP contribution in [-0.4, -0.2) is 38.7 Å². The number of methoxy groups -OCH3 is 1. The lowest BCUT2D eigenvalue weighted by molar-refractivity contribution is -0.142. The molecule has 0 aromatic heterocycles. The van der Waals surface area contributed by atoms with Crippen LogP contribution in [0.4, 0.5) is 5.69 Å². The minimum atomic E-state index is -1.70. The molecule has 0 saturated carbocycles. The van der Waals surface area contributed by atoms with Crippen molar-refractivity contribution in [2.45, 2.75) is 19.3 Å². The average Bonchev–Trinajstić information content (AvgIpc) is 2.91. The molecular weight excluding hydrogens is 362 g/mol. The molecule has 1 amide bonds. The normalized spacial score (nSPS) is 20.9. The third kappa shape index (κ3) is 2.55. The Labute approximate surface area is 162 Å². The minimum absolute atomic E-state index is 0.00337. The number of hydrogen-bond acceptors (Lipinski definition) is 7. The van der Waals surface area contributed by atoms with Crippen molar-refractivity contribution >= 4 is 17.6 Å². The van der Waals surface area contributed by atoms with Crippen LogP contribution in [0.5, 0.6) is 0 Å². The number of nitrogens with two attached hydrogens (primary N) is 1. The van der Waals surface area contributed by atoms with E-state index >= 15 is 0 Å². The second kappa shape index (κ2) is 7.37. The van der Waals surface area contributed by atoms with Crippen LogP contribution in [0, 0.1) is 11.3 Å². The van der Waals surface area contributed by atoms with Crippen LogP contribution < -0.4 is 10.6 Å². The molecule has 0 radical (unpaired) electrons. The first-order chi connectivity index (χ1) is 13.4. The predicted octanol–water partition coefficient (Wildman–Crippen LogP) is 1.48. The summed E-state index contributed by atoms with van der Waals surface area (Å²) in [7, 11) is 1.48. The summed E-state index contributed by atoms with van der Waals surface area (Å²) < 4.78 is 15.7. The second-order valence-corrected chi connectivity index (χ2v) is 6.33. The Morgan fingerprint density at radius 1 is 1.36 bits per heavy atom. The van der Waals surface area contributed by atoms with Crippen molar-refractivity contribution in [3.63, 3.8) is 0 Å². The van der Waals surface area contributed by atoms with Crippen molar-refractivity contribution in [1.29, 1.82) is 5.26 Å². The lowest BCUT2D eigenvalue weighted by Crippen LogP contribution is -2.48. The van der Waals surface area contributed by atoms with Gasteiger partial charge in [0.25, 0.3) is 0 Å². The average molecular weight is 383 g/mol. The number of nitriles is 1. The van der Waals surface area contributed by atoms with Crippen LogP contribution in [0.2, 0.25) is 0 Å². The number of carbonyl (C=O) groups excluding carboxylic acids is 2. The number of amides is 1. The highest BCUT2D eigenvalue weighted by atomic mass is 16.6. The zero-order chi connectivity index (χ0) is 20.5. The van der Waals surface area contributed by atoms with E-state index in [2.05, 4.69) is 0 Å². The first-order valence-electron chi connectivity index (χ1n) is 8.82. The number of benzene rings is 1. The molecule has 0 saturated heterocycles. The standard InChI is InChI=1S/C20H21N3O5/c1-4-23-15-8-6-5-7-13(15)20(19(23)25)14(11-21)17(22)28-12(2)16(20)18(24)27-10-9-26-3/h5-8H,4,9-10,22H2,1-3H3. The van der Waals surface area contributed by atoms with Crippen LogP contribution in [0.25, 0.3) is 0 Å². The van der Waals surface area contributed by atoms with Gasteiger partial charge < -0.3 is 24.8 Å². The van der Waals surface area contributed by atoms with E-state index in [1.807, 2.05) is 13.0 Å². The summed E-state index contributed by atoms with van der Waals surface area (Å²) in [6.45, 7) is 3.90. The van der Waals surface area contributed by atoms with Crippen LogP contribution in [0.3, 0.4) is 0 Å². The molecule has 0 aliphatic carbocycles. The maximum absolute atomic E-state index is 13.6. The molecule has 1 aromatic carbocycles. The number of carbonyl (C=O) groups is 2.